The number of rotatable bonds is 5. The van der Waals surface area contributed by atoms with Crippen molar-refractivity contribution in [1.29, 1.82) is 0 Å². The molecular formula is C13H17FO4. The Kier molecular flexibility index (Phi) is 4.29. The number of aliphatic hydroxyl groups excluding tert-OH is 1. The second-order valence-electron chi connectivity index (χ2n) is 4.84. The standard InChI is InChI=1S/C13H17FO4/c1-8(15)10-5-4-9(14)6-11(10)18-7-13(2,3)12(16)17/h4-6,8,15H,7H2,1-3H3,(H,16,17)/t8-/m0/s1. The fraction of sp³-hybridized carbons (Fsp3) is 0.462. The van der Waals surface area contributed by atoms with Crippen molar-refractivity contribution in [2.45, 2.75) is 26.9 Å². The maximum absolute atomic E-state index is 13.1. The largest absolute Gasteiger partial charge is 0.492 e. The highest BCUT2D eigenvalue weighted by atomic mass is 19.1. The van der Waals surface area contributed by atoms with Crippen LogP contribution in [0.4, 0.5) is 4.39 Å². The lowest BCUT2D eigenvalue weighted by atomic mass is 9.95. The highest BCUT2D eigenvalue weighted by molar-refractivity contribution is 5.73. The van der Waals surface area contributed by atoms with Crippen molar-refractivity contribution in [3.05, 3.63) is 29.6 Å². The predicted octanol–water partition coefficient (Wildman–Crippen LogP) is 2.37. The van der Waals surface area contributed by atoms with Crippen molar-refractivity contribution in [2.75, 3.05) is 6.61 Å². The summed E-state index contributed by atoms with van der Waals surface area (Å²) in [5.74, 6) is -1.33. The Morgan fingerprint density at radius 2 is 2.11 bits per heavy atom. The molecule has 100 valence electrons. The van der Waals surface area contributed by atoms with E-state index in [0.717, 1.165) is 6.07 Å². The molecule has 0 spiro atoms. The smallest absolute Gasteiger partial charge is 0.312 e. The van der Waals surface area contributed by atoms with Crippen LogP contribution in [-0.4, -0.2) is 22.8 Å². The second kappa shape index (κ2) is 5.35. The lowest BCUT2D eigenvalue weighted by Crippen LogP contribution is -2.30. The summed E-state index contributed by atoms with van der Waals surface area (Å²) in [5, 5.41) is 18.5. The number of hydrogen-bond donors (Lipinski definition) is 2. The molecule has 0 aliphatic carbocycles. The zero-order valence-corrected chi connectivity index (χ0v) is 10.6. The third kappa shape index (κ3) is 3.43. The molecule has 2 N–H and O–H groups in total. The molecule has 0 unspecified atom stereocenters. The van der Waals surface area contributed by atoms with Gasteiger partial charge in [0, 0.05) is 11.6 Å². The normalized spacial score (nSPS) is 13.2. The van der Waals surface area contributed by atoms with Crippen molar-refractivity contribution in [3.8, 4) is 5.75 Å². The summed E-state index contributed by atoms with van der Waals surface area (Å²) in [6.45, 7) is 4.45. The summed E-state index contributed by atoms with van der Waals surface area (Å²) in [5.41, 5.74) is -0.653. The molecule has 0 amide bonds. The maximum atomic E-state index is 13.1. The number of ether oxygens (including phenoxy) is 1. The van der Waals surface area contributed by atoms with E-state index in [4.69, 9.17) is 9.84 Å². The van der Waals surface area contributed by atoms with Gasteiger partial charge in [0.2, 0.25) is 0 Å². The maximum Gasteiger partial charge on any atom is 0.312 e. The molecule has 1 aromatic carbocycles. The van der Waals surface area contributed by atoms with Gasteiger partial charge in [-0.25, -0.2) is 4.39 Å². The van der Waals surface area contributed by atoms with Gasteiger partial charge in [-0.05, 0) is 32.9 Å². The summed E-state index contributed by atoms with van der Waals surface area (Å²) in [6, 6.07) is 3.78. The summed E-state index contributed by atoms with van der Waals surface area (Å²) < 4.78 is 18.4. The van der Waals surface area contributed by atoms with Crippen LogP contribution in [-0.2, 0) is 4.79 Å². The van der Waals surface area contributed by atoms with Crippen LogP contribution in [0.2, 0.25) is 0 Å². The Hall–Kier alpha value is -1.62. The van der Waals surface area contributed by atoms with Gasteiger partial charge in [0.25, 0.3) is 0 Å². The first-order valence-electron chi connectivity index (χ1n) is 5.58. The van der Waals surface area contributed by atoms with E-state index >= 15 is 0 Å². The van der Waals surface area contributed by atoms with Crippen LogP contribution >= 0.6 is 0 Å². The molecule has 0 saturated heterocycles. The summed E-state index contributed by atoms with van der Waals surface area (Å²) in [7, 11) is 0. The van der Waals surface area contributed by atoms with E-state index in [1.807, 2.05) is 0 Å². The molecule has 1 rings (SSSR count). The molecule has 0 bridgehead atoms. The lowest BCUT2D eigenvalue weighted by Gasteiger charge is -2.21. The van der Waals surface area contributed by atoms with E-state index in [9.17, 15) is 14.3 Å². The van der Waals surface area contributed by atoms with Crippen LogP contribution in [0.25, 0.3) is 0 Å². The monoisotopic (exact) mass is 256 g/mol. The zero-order chi connectivity index (χ0) is 13.9. The lowest BCUT2D eigenvalue weighted by molar-refractivity contribution is -0.148. The predicted molar refractivity (Wildman–Crippen MR) is 63.9 cm³/mol. The SMILES string of the molecule is C[C@H](O)c1ccc(F)cc1OCC(C)(C)C(=O)O. The first-order valence-corrected chi connectivity index (χ1v) is 5.58. The van der Waals surface area contributed by atoms with E-state index in [0.29, 0.717) is 5.56 Å². The Balaban J connectivity index is 2.90. The molecular weight excluding hydrogens is 239 g/mol. The van der Waals surface area contributed by atoms with Gasteiger partial charge in [0.1, 0.15) is 18.2 Å². The fourth-order valence-corrected chi connectivity index (χ4v) is 1.30. The molecule has 0 aliphatic rings. The summed E-state index contributed by atoms with van der Waals surface area (Å²) >= 11 is 0. The number of aliphatic carboxylic acids is 1. The number of carbonyl (C=O) groups is 1. The van der Waals surface area contributed by atoms with E-state index in [1.54, 1.807) is 0 Å². The molecule has 1 aromatic rings. The number of benzene rings is 1. The van der Waals surface area contributed by atoms with E-state index < -0.39 is 23.3 Å². The number of aliphatic hydroxyl groups is 1. The highest BCUT2D eigenvalue weighted by Crippen LogP contribution is 2.28. The number of carboxylic acids is 1. The van der Waals surface area contributed by atoms with Crippen LogP contribution < -0.4 is 4.74 Å². The first-order chi connectivity index (χ1) is 8.24. The third-order valence-electron chi connectivity index (χ3n) is 2.59. The van der Waals surface area contributed by atoms with Crippen molar-refractivity contribution < 1.29 is 24.1 Å². The number of hydrogen-bond acceptors (Lipinski definition) is 3. The molecule has 0 saturated carbocycles. The fourth-order valence-electron chi connectivity index (χ4n) is 1.30. The topological polar surface area (TPSA) is 66.8 Å². The minimum atomic E-state index is -1.08. The molecule has 0 aliphatic heterocycles. The molecule has 1 atom stereocenters. The van der Waals surface area contributed by atoms with Crippen LogP contribution in [0.3, 0.4) is 0 Å². The molecule has 0 aromatic heterocycles. The van der Waals surface area contributed by atoms with Gasteiger partial charge < -0.3 is 14.9 Å². The van der Waals surface area contributed by atoms with Crippen LogP contribution in [0.15, 0.2) is 18.2 Å². The van der Waals surface area contributed by atoms with Crippen LogP contribution in [0.1, 0.15) is 32.4 Å². The quantitative estimate of drug-likeness (QED) is 0.848. The van der Waals surface area contributed by atoms with E-state index in [1.165, 1.54) is 32.9 Å². The van der Waals surface area contributed by atoms with Crippen molar-refractivity contribution in [3.63, 3.8) is 0 Å². The molecule has 0 fully saturated rings. The highest BCUT2D eigenvalue weighted by Gasteiger charge is 2.28. The molecule has 4 nitrogen and oxygen atoms in total. The van der Waals surface area contributed by atoms with Gasteiger partial charge in [0.15, 0.2) is 0 Å². The Labute approximate surface area is 105 Å². The van der Waals surface area contributed by atoms with E-state index in [2.05, 4.69) is 0 Å². The van der Waals surface area contributed by atoms with Gasteiger partial charge in [-0.3, -0.25) is 4.79 Å². The summed E-state index contributed by atoms with van der Waals surface area (Å²) in [4.78, 5) is 10.9. The second-order valence-corrected chi connectivity index (χ2v) is 4.84. The number of halogens is 1. The molecule has 5 heteroatoms. The van der Waals surface area contributed by atoms with Gasteiger partial charge in [-0.15, -0.1) is 0 Å². The minimum absolute atomic E-state index is 0.106. The first kappa shape index (κ1) is 14.4. The van der Waals surface area contributed by atoms with Crippen molar-refractivity contribution >= 4 is 5.97 Å². The van der Waals surface area contributed by atoms with Crippen molar-refractivity contribution in [1.82, 2.24) is 0 Å². The van der Waals surface area contributed by atoms with Crippen molar-refractivity contribution in [2.24, 2.45) is 5.41 Å². The Bertz CT molecular complexity index is 441. The minimum Gasteiger partial charge on any atom is -0.492 e. The number of carboxylic acid groups (broad SMARTS) is 1. The molecule has 18 heavy (non-hydrogen) atoms. The zero-order valence-electron chi connectivity index (χ0n) is 10.6. The molecule has 0 heterocycles. The average molecular weight is 256 g/mol. The average Bonchev–Trinajstić information content (AvgIpc) is 2.26. The summed E-state index contributed by atoms with van der Waals surface area (Å²) in [6.07, 6.45) is -0.812. The van der Waals surface area contributed by atoms with Crippen LogP contribution in [0.5, 0.6) is 5.75 Å². The van der Waals surface area contributed by atoms with Gasteiger partial charge in [-0.2, -0.15) is 0 Å². The molecule has 0 radical (unpaired) electrons. The van der Waals surface area contributed by atoms with Gasteiger partial charge >= 0.3 is 5.97 Å². The van der Waals surface area contributed by atoms with Gasteiger partial charge in [-0.1, -0.05) is 0 Å². The third-order valence-corrected chi connectivity index (χ3v) is 2.59. The van der Waals surface area contributed by atoms with Gasteiger partial charge in [0.05, 0.1) is 11.5 Å². The van der Waals surface area contributed by atoms with E-state index in [-0.39, 0.29) is 12.4 Å². The van der Waals surface area contributed by atoms with Crippen LogP contribution in [0, 0.1) is 11.2 Å². The Morgan fingerprint density at radius 1 is 1.50 bits per heavy atom. The Morgan fingerprint density at radius 3 is 2.61 bits per heavy atom.